The summed E-state index contributed by atoms with van der Waals surface area (Å²) in [7, 11) is 0. The van der Waals surface area contributed by atoms with E-state index < -0.39 is 6.10 Å². The number of aliphatic hydroxyl groups is 1. The van der Waals surface area contributed by atoms with E-state index in [1.165, 1.54) is 0 Å². The lowest BCUT2D eigenvalue weighted by Gasteiger charge is -2.37. The monoisotopic (exact) mass is 359 g/mol. The number of aromatic nitrogens is 2. The van der Waals surface area contributed by atoms with Crippen LogP contribution in [0.1, 0.15) is 42.7 Å². The van der Waals surface area contributed by atoms with Crippen molar-refractivity contribution in [3.8, 4) is 0 Å². The minimum atomic E-state index is -0.532. The van der Waals surface area contributed by atoms with Crippen molar-refractivity contribution in [2.75, 3.05) is 24.7 Å². The maximum Gasteiger partial charge on any atom is 0.135 e. The van der Waals surface area contributed by atoms with E-state index in [4.69, 9.17) is 21.3 Å². The molecule has 0 spiro atoms. The van der Waals surface area contributed by atoms with Crippen molar-refractivity contribution < 1.29 is 9.84 Å². The number of rotatable bonds is 5. The minimum Gasteiger partial charge on any atom is -0.388 e. The molecule has 1 aliphatic heterocycles. The zero-order chi connectivity index (χ0) is 17.2. The molecule has 0 radical (unpaired) electrons. The third-order valence-corrected chi connectivity index (χ3v) is 5.04. The van der Waals surface area contributed by atoms with E-state index in [0.717, 1.165) is 36.6 Å². The molecule has 25 heavy (non-hydrogen) atoms. The van der Waals surface area contributed by atoms with Crippen molar-refractivity contribution in [2.45, 2.75) is 37.3 Å². The fourth-order valence-corrected chi connectivity index (χ4v) is 3.50. The molecule has 2 atom stereocenters. The molecule has 132 valence electrons. The first-order valence-electron chi connectivity index (χ1n) is 8.82. The van der Waals surface area contributed by atoms with Gasteiger partial charge in [-0.1, -0.05) is 41.9 Å². The van der Waals surface area contributed by atoms with Gasteiger partial charge in [-0.2, -0.15) is 0 Å². The summed E-state index contributed by atoms with van der Waals surface area (Å²) < 4.78 is 5.66. The van der Waals surface area contributed by atoms with Gasteiger partial charge in [0.15, 0.2) is 0 Å². The molecular formula is C19H22ClN3O2. The number of hydrogen-bond acceptors (Lipinski definition) is 5. The van der Waals surface area contributed by atoms with E-state index in [1.54, 1.807) is 0 Å². The summed E-state index contributed by atoms with van der Waals surface area (Å²) in [6.07, 6.45) is 2.33. The molecule has 0 bridgehead atoms. The summed E-state index contributed by atoms with van der Waals surface area (Å²) in [6, 6.07) is 11.6. The van der Waals surface area contributed by atoms with Crippen LogP contribution >= 0.6 is 11.6 Å². The number of halogens is 1. The Morgan fingerprint density at radius 2 is 2.04 bits per heavy atom. The number of morpholine rings is 1. The van der Waals surface area contributed by atoms with Gasteiger partial charge < -0.3 is 14.7 Å². The van der Waals surface area contributed by atoms with E-state index in [-0.39, 0.29) is 6.04 Å². The van der Waals surface area contributed by atoms with Crippen LogP contribution in [0.3, 0.4) is 0 Å². The summed E-state index contributed by atoms with van der Waals surface area (Å²) in [5.74, 6) is 2.14. The second kappa shape index (κ2) is 7.28. The number of ether oxygens (including phenoxy) is 1. The van der Waals surface area contributed by atoms with Crippen LogP contribution in [-0.2, 0) is 4.74 Å². The average Bonchev–Trinajstić information content (AvgIpc) is 3.47. The van der Waals surface area contributed by atoms with Gasteiger partial charge in [-0.3, -0.25) is 0 Å². The Balaban J connectivity index is 1.55. The van der Waals surface area contributed by atoms with Crippen LogP contribution in [0.2, 0.25) is 5.15 Å². The summed E-state index contributed by atoms with van der Waals surface area (Å²) >= 11 is 6.23. The van der Waals surface area contributed by atoms with Gasteiger partial charge in [-0.05, 0) is 18.4 Å². The largest absolute Gasteiger partial charge is 0.388 e. The van der Waals surface area contributed by atoms with E-state index in [0.29, 0.717) is 30.7 Å². The second-order valence-corrected chi connectivity index (χ2v) is 7.15. The lowest BCUT2D eigenvalue weighted by atomic mass is 10.0. The Hall–Kier alpha value is -1.69. The van der Waals surface area contributed by atoms with E-state index in [9.17, 15) is 5.11 Å². The van der Waals surface area contributed by atoms with Crippen molar-refractivity contribution in [3.05, 3.63) is 52.9 Å². The standard InChI is InChI=1S/C19H22ClN3O2/c20-17-11-18(22-19(21-17)14-6-7-14)23-8-9-25-12-15(23)10-16(24)13-4-2-1-3-5-13/h1-5,11,14-16,24H,6-10,12H2. The zero-order valence-electron chi connectivity index (χ0n) is 14.0. The maximum absolute atomic E-state index is 10.6. The molecule has 1 aromatic carbocycles. The topological polar surface area (TPSA) is 58.5 Å². The maximum atomic E-state index is 10.6. The van der Waals surface area contributed by atoms with Gasteiger partial charge in [-0.15, -0.1) is 0 Å². The highest BCUT2D eigenvalue weighted by Crippen LogP contribution is 2.39. The number of benzene rings is 1. The van der Waals surface area contributed by atoms with Crippen molar-refractivity contribution >= 4 is 17.4 Å². The van der Waals surface area contributed by atoms with Gasteiger partial charge in [0.1, 0.15) is 16.8 Å². The van der Waals surface area contributed by atoms with Crippen LogP contribution < -0.4 is 4.90 Å². The molecule has 1 aromatic heterocycles. The molecule has 1 saturated heterocycles. The Labute approximate surface area is 152 Å². The molecule has 0 amide bonds. The average molecular weight is 360 g/mol. The van der Waals surface area contributed by atoms with Crippen molar-refractivity contribution in [1.29, 1.82) is 0 Å². The van der Waals surface area contributed by atoms with Gasteiger partial charge in [0.05, 0.1) is 25.4 Å². The first kappa shape index (κ1) is 16.8. The molecule has 2 heterocycles. The zero-order valence-corrected chi connectivity index (χ0v) is 14.8. The molecular weight excluding hydrogens is 338 g/mol. The molecule has 2 aliphatic rings. The predicted octanol–water partition coefficient (Wildman–Crippen LogP) is 3.34. The van der Waals surface area contributed by atoms with Crippen LogP contribution in [0, 0.1) is 0 Å². The first-order chi connectivity index (χ1) is 12.2. The van der Waals surface area contributed by atoms with Gasteiger partial charge in [-0.25, -0.2) is 9.97 Å². The Kier molecular flexibility index (Phi) is 4.88. The number of nitrogens with zero attached hydrogens (tertiary/aromatic N) is 3. The summed E-state index contributed by atoms with van der Waals surface area (Å²) in [5, 5.41) is 11.1. The predicted molar refractivity (Wildman–Crippen MR) is 97.0 cm³/mol. The quantitative estimate of drug-likeness (QED) is 0.830. The van der Waals surface area contributed by atoms with E-state index >= 15 is 0 Å². The molecule has 1 N–H and O–H groups in total. The summed E-state index contributed by atoms with van der Waals surface area (Å²) in [4.78, 5) is 11.3. The molecule has 5 nitrogen and oxygen atoms in total. The van der Waals surface area contributed by atoms with Crippen LogP contribution in [-0.4, -0.2) is 40.9 Å². The second-order valence-electron chi connectivity index (χ2n) is 6.77. The fraction of sp³-hybridized carbons (Fsp3) is 0.474. The third kappa shape index (κ3) is 3.94. The van der Waals surface area contributed by atoms with E-state index in [2.05, 4.69) is 9.88 Å². The van der Waals surface area contributed by atoms with Gasteiger partial charge in [0, 0.05) is 24.9 Å². The van der Waals surface area contributed by atoms with Crippen LogP contribution in [0.25, 0.3) is 0 Å². The number of aliphatic hydroxyl groups excluding tert-OH is 1. The molecule has 2 fully saturated rings. The van der Waals surface area contributed by atoms with Gasteiger partial charge >= 0.3 is 0 Å². The van der Waals surface area contributed by atoms with Crippen molar-refractivity contribution in [2.24, 2.45) is 0 Å². The minimum absolute atomic E-state index is 0.0574. The van der Waals surface area contributed by atoms with E-state index in [1.807, 2.05) is 36.4 Å². The lowest BCUT2D eigenvalue weighted by Crippen LogP contribution is -2.46. The van der Waals surface area contributed by atoms with Crippen LogP contribution in [0.15, 0.2) is 36.4 Å². The molecule has 1 saturated carbocycles. The Morgan fingerprint density at radius 1 is 1.24 bits per heavy atom. The highest BCUT2D eigenvalue weighted by Gasteiger charge is 2.31. The number of anilines is 1. The number of hydrogen-bond donors (Lipinski definition) is 1. The van der Waals surface area contributed by atoms with Crippen LogP contribution in [0.4, 0.5) is 5.82 Å². The normalized spacial score (nSPS) is 22.0. The van der Waals surface area contributed by atoms with Gasteiger partial charge in [0.25, 0.3) is 0 Å². The smallest absolute Gasteiger partial charge is 0.135 e. The Morgan fingerprint density at radius 3 is 2.80 bits per heavy atom. The highest BCUT2D eigenvalue weighted by molar-refractivity contribution is 6.29. The first-order valence-corrected chi connectivity index (χ1v) is 9.20. The van der Waals surface area contributed by atoms with Crippen molar-refractivity contribution in [3.63, 3.8) is 0 Å². The highest BCUT2D eigenvalue weighted by atomic mass is 35.5. The fourth-order valence-electron chi connectivity index (χ4n) is 3.31. The summed E-state index contributed by atoms with van der Waals surface area (Å²) in [6.45, 7) is 1.96. The molecule has 6 heteroatoms. The molecule has 4 rings (SSSR count). The molecule has 1 aliphatic carbocycles. The molecule has 2 aromatic rings. The lowest BCUT2D eigenvalue weighted by molar-refractivity contribution is 0.0676. The van der Waals surface area contributed by atoms with Crippen LogP contribution in [0.5, 0.6) is 0 Å². The SMILES string of the molecule is OC(CC1COCCN1c1cc(Cl)nc(C2CC2)n1)c1ccccc1. The third-order valence-electron chi connectivity index (χ3n) is 4.84. The van der Waals surface area contributed by atoms with Gasteiger partial charge in [0.2, 0.25) is 0 Å². The van der Waals surface area contributed by atoms with Crippen molar-refractivity contribution in [1.82, 2.24) is 9.97 Å². The molecule has 2 unspecified atom stereocenters. The summed E-state index contributed by atoms with van der Waals surface area (Å²) in [5.41, 5.74) is 0.924. The Bertz CT molecular complexity index is 724.